The summed E-state index contributed by atoms with van der Waals surface area (Å²) in [6.07, 6.45) is 4.28. The molecule has 1 fully saturated rings. The van der Waals surface area contributed by atoms with E-state index in [1.54, 1.807) is 0 Å². The minimum absolute atomic E-state index is 0.0936. The average Bonchev–Trinajstić information content (AvgIpc) is 2.71. The van der Waals surface area contributed by atoms with Gasteiger partial charge in [0.2, 0.25) is 5.91 Å². The lowest BCUT2D eigenvalue weighted by Gasteiger charge is -2.39. The summed E-state index contributed by atoms with van der Waals surface area (Å²) in [5, 5.41) is 0.174. The SMILES string of the molecule is CN(C)C1CC(Cl)CCCC1N(C(=O)CCCl)c1ccccc1. The van der Waals surface area contributed by atoms with Crippen molar-refractivity contribution in [2.45, 2.75) is 49.6 Å². The zero-order valence-electron chi connectivity index (χ0n) is 13.9. The number of para-hydroxylation sites is 1. The van der Waals surface area contributed by atoms with E-state index in [1.165, 1.54) is 0 Å². The standard InChI is InChI=1S/C18H26Cl2N2O/c1-21(2)17-13-14(20)7-6-10-16(17)22(18(23)11-12-19)15-8-4-3-5-9-15/h3-5,8-9,14,16-17H,6-7,10-13H2,1-2H3. The summed E-state index contributed by atoms with van der Waals surface area (Å²) < 4.78 is 0. The molecule has 0 aliphatic heterocycles. The van der Waals surface area contributed by atoms with Gasteiger partial charge in [-0.1, -0.05) is 18.2 Å². The van der Waals surface area contributed by atoms with Crippen LogP contribution in [0.1, 0.15) is 32.1 Å². The minimum Gasteiger partial charge on any atom is -0.308 e. The van der Waals surface area contributed by atoms with Crippen molar-refractivity contribution in [1.82, 2.24) is 4.90 Å². The normalized spacial score (nSPS) is 25.2. The molecule has 0 aromatic heterocycles. The molecule has 0 saturated heterocycles. The first-order valence-electron chi connectivity index (χ1n) is 8.28. The molecule has 0 N–H and O–H groups in total. The summed E-state index contributed by atoms with van der Waals surface area (Å²) in [5.74, 6) is 0.440. The third-order valence-corrected chi connectivity index (χ3v) is 5.15. The second-order valence-electron chi connectivity index (χ2n) is 6.40. The molecule has 1 saturated carbocycles. The van der Waals surface area contributed by atoms with Crippen molar-refractivity contribution in [1.29, 1.82) is 0 Å². The van der Waals surface area contributed by atoms with Crippen LogP contribution >= 0.6 is 23.2 Å². The number of halogens is 2. The highest BCUT2D eigenvalue weighted by Crippen LogP contribution is 2.31. The first-order valence-corrected chi connectivity index (χ1v) is 9.25. The Hall–Kier alpha value is -0.770. The number of rotatable bonds is 5. The summed E-state index contributed by atoms with van der Waals surface area (Å²) in [5.41, 5.74) is 0.951. The summed E-state index contributed by atoms with van der Waals surface area (Å²) in [6.45, 7) is 0. The molecule has 0 bridgehead atoms. The third-order valence-electron chi connectivity index (χ3n) is 4.56. The number of benzene rings is 1. The van der Waals surface area contributed by atoms with Crippen LogP contribution < -0.4 is 4.90 Å². The highest BCUT2D eigenvalue weighted by Gasteiger charge is 2.35. The van der Waals surface area contributed by atoms with Crippen molar-refractivity contribution >= 4 is 34.8 Å². The molecule has 23 heavy (non-hydrogen) atoms. The fraction of sp³-hybridized carbons (Fsp3) is 0.611. The molecule has 2 rings (SSSR count). The van der Waals surface area contributed by atoms with Crippen LogP contribution in [0.15, 0.2) is 30.3 Å². The number of hydrogen-bond acceptors (Lipinski definition) is 2. The van der Waals surface area contributed by atoms with E-state index in [4.69, 9.17) is 23.2 Å². The quantitative estimate of drug-likeness (QED) is 0.584. The van der Waals surface area contributed by atoms with Gasteiger partial charge in [-0.15, -0.1) is 23.2 Å². The third kappa shape index (κ3) is 4.85. The zero-order chi connectivity index (χ0) is 16.8. The Kier molecular flexibility index (Phi) is 7.19. The highest BCUT2D eigenvalue weighted by molar-refractivity contribution is 6.20. The van der Waals surface area contributed by atoms with Crippen molar-refractivity contribution in [3.05, 3.63) is 30.3 Å². The monoisotopic (exact) mass is 356 g/mol. The van der Waals surface area contributed by atoms with E-state index in [0.717, 1.165) is 31.4 Å². The number of nitrogens with zero attached hydrogens (tertiary/aromatic N) is 2. The molecule has 1 aromatic rings. The van der Waals surface area contributed by atoms with Gasteiger partial charge in [0, 0.05) is 29.4 Å². The predicted octanol–water partition coefficient (Wildman–Crippen LogP) is 4.13. The minimum atomic E-state index is 0.0936. The van der Waals surface area contributed by atoms with Crippen LogP contribution in [-0.2, 0) is 4.79 Å². The lowest BCUT2D eigenvalue weighted by molar-refractivity contribution is -0.119. The van der Waals surface area contributed by atoms with E-state index < -0.39 is 0 Å². The number of anilines is 1. The Labute approximate surface area is 149 Å². The second kappa shape index (κ2) is 8.91. The topological polar surface area (TPSA) is 23.6 Å². The molecule has 0 spiro atoms. The van der Waals surface area contributed by atoms with Crippen LogP contribution in [0.25, 0.3) is 0 Å². The van der Waals surface area contributed by atoms with Crippen LogP contribution in [0.3, 0.4) is 0 Å². The Morgan fingerprint density at radius 3 is 2.48 bits per heavy atom. The predicted molar refractivity (Wildman–Crippen MR) is 98.6 cm³/mol. The molecular weight excluding hydrogens is 331 g/mol. The van der Waals surface area contributed by atoms with Gasteiger partial charge in [0.1, 0.15) is 0 Å². The fourth-order valence-electron chi connectivity index (χ4n) is 3.44. The molecule has 1 aliphatic carbocycles. The molecule has 5 heteroatoms. The van der Waals surface area contributed by atoms with Gasteiger partial charge in [0.25, 0.3) is 0 Å². The van der Waals surface area contributed by atoms with Crippen molar-refractivity contribution in [3.8, 4) is 0 Å². The lowest BCUT2D eigenvalue weighted by atomic mass is 9.98. The number of alkyl halides is 2. The molecule has 1 aliphatic rings. The number of carbonyl (C=O) groups excluding carboxylic acids is 1. The Bertz CT molecular complexity index is 495. The van der Waals surface area contributed by atoms with Crippen LogP contribution in [0, 0.1) is 0 Å². The first kappa shape index (κ1) is 18.6. The Balaban J connectivity index is 2.36. The van der Waals surface area contributed by atoms with Crippen LogP contribution in [0.5, 0.6) is 0 Å². The smallest absolute Gasteiger partial charge is 0.228 e. The summed E-state index contributed by atoms with van der Waals surface area (Å²) >= 11 is 12.3. The van der Waals surface area contributed by atoms with Gasteiger partial charge in [0.15, 0.2) is 0 Å². The average molecular weight is 357 g/mol. The van der Waals surface area contributed by atoms with Crippen LogP contribution in [-0.4, -0.2) is 48.2 Å². The summed E-state index contributed by atoms with van der Waals surface area (Å²) in [4.78, 5) is 17.0. The number of likely N-dealkylation sites (N-methyl/N-ethyl adjacent to an activating group) is 1. The largest absolute Gasteiger partial charge is 0.308 e. The lowest BCUT2D eigenvalue weighted by Crippen LogP contribution is -2.52. The van der Waals surface area contributed by atoms with E-state index in [-0.39, 0.29) is 23.4 Å². The Morgan fingerprint density at radius 2 is 1.87 bits per heavy atom. The number of carbonyl (C=O) groups is 1. The van der Waals surface area contributed by atoms with E-state index in [1.807, 2.05) is 35.2 Å². The van der Waals surface area contributed by atoms with Gasteiger partial charge in [-0.3, -0.25) is 4.79 Å². The molecule has 0 radical (unpaired) electrons. The maximum Gasteiger partial charge on any atom is 0.228 e. The maximum atomic E-state index is 12.8. The first-order chi connectivity index (χ1) is 11.0. The summed E-state index contributed by atoms with van der Waals surface area (Å²) in [6, 6.07) is 10.3. The molecule has 3 atom stereocenters. The van der Waals surface area contributed by atoms with Gasteiger partial charge in [-0.2, -0.15) is 0 Å². The van der Waals surface area contributed by atoms with Gasteiger partial charge in [-0.25, -0.2) is 0 Å². The highest BCUT2D eigenvalue weighted by atomic mass is 35.5. The van der Waals surface area contributed by atoms with Crippen molar-refractivity contribution in [2.75, 3.05) is 24.9 Å². The van der Waals surface area contributed by atoms with Crippen molar-refractivity contribution in [3.63, 3.8) is 0 Å². The van der Waals surface area contributed by atoms with Crippen LogP contribution in [0.2, 0.25) is 0 Å². The van der Waals surface area contributed by atoms with Gasteiger partial charge in [0.05, 0.1) is 6.04 Å². The zero-order valence-corrected chi connectivity index (χ0v) is 15.4. The fourth-order valence-corrected chi connectivity index (χ4v) is 3.94. The molecule has 0 heterocycles. The van der Waals surface area contributed by atoms with Gasteiger partial charge in [-0.05, 0) is 51.9 Å². The Morgan fingerprint density at radius 1 is 1.17 bits per heavy atom. The number of amides is 1. The molecule has 1 amide bonds. The van der Waals surface area contributed by atoms with Crippen molar-refractivity contribution in [2.24, 2.45) is 0 Å². The van der Waals surface area contributed by atoms with E-state index in [9.17, 15) is 4.79 Å². The maximum absolute atomic E-state index is 12.8. The molecule has 3 nitrogen and oxygen atoms in total. The molecule has 3 unspecified atom stereocenters. The van der Waals surface area contributed by atoms with E-state index >= 15 is 0 Å². The van der Waals surface area contributed by atoms with Crippen LogP contribution in [0.4, 0.5) is 5.69 Å². The second-order valence-corrected chi connectivity index (χ2v) is 7.40. The van der Waals surface area contributed by atoms with E-state index in [2.05, 4.69) is 19.0 Å². The number of hydrogen-bond donors (Lipinski definition) is 0. The van der Waals surface area contributed by atoms with Gasteiger partial charge >= 0.3 is 0 Å². The summed E-state index contributed by atoms with van der Waals surface area (Å²) in [7, 11) is 4.14. The molecular formula is C18H26Cl2N2O. The van der Waals surface area contributed by atoms with Crippen molar-refractivity contribution < 1.29 is 4.79 Å². The molecule has 1 aromatic carbocycles. The van der Waals surface area contributed by atoms with Gasteiger partial charge < -0.3 is 9.80 Å². The van der Waals surface area contributed by atoms with E-state index in [0.29, 0.717) is 12.3 Å². The molecule has 128 valence electrons.